The first-order valence-corrected chi connectivity index (χ1v) is 8.82. The maximum atomic E-state index is 13.6. The van der Waals surface area contributed by atoms with Crippen molar-refractivity contribution in [2.24, 2.45) is 0 Å². The van der Waals surface area contributed by atoms with Crippen LogP contribution in [0.1, 0.15) is 21.6 Å². The second-order valence-electron chi connectivity index (χ2n) is 6.00. The van der Waals surface area contributed by atoms with E-state index < -0.39 is 24.3 Å². The van der Waals surface area contributed by atoms with Crippen molar-refractivity contribution in [2.75, 3.05) is 11.9 Å². The third-order valence-corrected chi connectivity index (χ3v) is 4.31. The number of carbonyl (C=O) groups excluding carboxylic acids is 2. The van der Waals surface area contributed by atoms with Crippen LogP contribution in [-0.4, -0.2) is 28.3 Å². The van der Waals surface area contributed by atoms with Crippen molar-refractivity contribution >= 4 is 29.2 Å². The maximum absolute atomic E-state index is 13.6. The fraction of sp³-hybridized carbons (Fsp3) is 0.150. The summed E-state index contributed by atoms with van der Waals surface area (Å²) in [5, 5.41) is 6.73. The van der Waals surface area contributed by atoms with Gasteiger partial charge >= 0.3 is 5.97 Å². The molecule has 0 aliphatic carbocycles. The van der Waals surface area contributed by atoms with Crippen molar-refractivity contribution in [1.29, 1.82) is 0 Å². The predicted molar refractivity (Wildman–Crippen MR) is 103 cm³/mol. The number of aromatic nitrogens is 2. The number of benzene rings is 2. The van der Waals surface area contributed by atoms with E-state index in [1.807, 2.05) is 30.3 Å². The van der Waals surface area contributed by atoms with Crippen LogP contribution in [0, 0.1) is 12.7 Å². The minimum atomic E-state index is -0.773. The molecule has 0 atom stereocenters. The van der Waals surface area contributed by atoms with Crippen LogP contribution in [0.15, 0.2) is 54.6 Å². The Kier molecular flexibility index (Phi) is 6.06. The van der Waals surface area contributed by atoms with Gasteiger partial charge in [-0.25, -0.2) is 13.9 Å². The Bertz CT molecular complexity index is 1010. The molecule has 0 saturated carbocycles. The van der Waals surface area contributed by atoms with Gasteiger partial charge in [-0.05, 0) is 24.6 Å². The molecule has 1 aromatic heterocycles. The van der Waals surface area contributed by atoms with Crippen molar-refractivity contribution in [2.45, 2.75) is 13.5 Å². The van der Waals surface area contributed by atoms with Gasteiger partial charge in [0.1, 0.15) is 16.5 Å². The highest BCUT2D eigenvalue weighted by Crippen LogP contribution is 2.22. The number of hydrogen-bond acceptors (Lipinski definition) is 4. The molecule has 0 bridgehead atoms. The lowest BCUT2D eigenvalue weighted by Gasteiger charge is -2.07. The second kappa shape index (κ2) is 8.67. The van der Waals surface area contributed by atoms with Gasteiger partial charge in [0.2, 0.25) is 0 Å². The Morgan fingerprint density at radius 3 is 2.54 bits per heavy atom. The number of esters is 1. The summed E-state index contributed by atoms with van der Waals surface area (Å²) < 4.78 is 20.1. The van der Waals surface area contributed by atoms with E-state index in [0.29, 0.717) is 12.2 Å². The molecule has 8 heteroatoms. The highest BCUT2D eigenvalue weighted by Gasteiger charge is 2.22. The quantitative estimate of drug-likeness (QED) is 0.637. The first-order chi connectivity index (χ1) is 13.5. The fourth-order valence-corrected chi connectivity index (χ4v) is 2.91. The summed E-state index contributed by atoms with van der Waals surface area (Å²) in [5.74, 6) is -2.02. The largest absolute Gasteiger partial charge is 0.452 e. The molecule has 0 unspecified atom stereocenters. The molecule has 2 aromatic carbocycles. The van der Waals surface area contributed by atoms with Gasteiger partial charge in [-0.15, -0.1) is 0 Å². The molecular weight excluding hydrogens is 385 g/mol. The molecule has 144 valence electrons. The summed E-state index contributed by atoms with van der Waals surface area (Å²) in [6.45, 7) is 1.44. The average molecular weight is 402 g/mol. The number of anilines is 1. The summed E-state index contributed by atoms with van der Waals surface area (Å²) in [4.78, 5) is 24.3. The number of nitrogens with zero attached hydrogens (tertiary/aromatic N) is 2. The highest BCUT2D eigenvalue weighted by atomic mass is 35.5. The number of hydrogen-bond donors (Lipinski definition) is 1. The zero-order valence-electron chi connectivity index (χ0n) is 15.0. The molecule has 1 amide bonds. The monoisotopic (exact) mass is 401 g/mol. The van der Waals surface area contributed by atoms with Crippen LogP contribution in [0.25, 0.3) is 0 Å². The SMILES string of the molecule is Cc1nn(Cc2ccccc2)c(Cl)c1C(=O)OCC(=O)Nc1ccccc1F. The first-order valence-electron chi connectivity index (χ1n) is 8.44. The minimum Gasteiger partial charge on any atom is -0.452 e. The lowest BCUT2D eigenvalue weighted by molar-refractivity contribution is -0.119. The van der Waals surface area contributed by atoms with E-state index in [9.17, 15) is 14.0 Å². The van der Waals surface area contributed by atoms with E-state index in [0.717, 1.165) is 5.56 Å². The molecule has 0 saturated heterocycles. The van der Waals surface area contributed by atoms with Gasteiger partial charge in [-0.3, -0.25) is 4.79 Å². The van der Waals surface area contributed by atoms with Gasteiger partial charge < -0.3 is 10.1 Å². The van der Waals surface area contributed by atoms with Crippen LogP contribution in [0.4, 0.5) is 10.1 Å². The van der Waals surface area contributed by atoms with E-state index in [1.165, 1.54) is 22.9 Å². The molecule has 0 aliphatic rings. The van der Waals surface area contributed by atoms with Gasteiger partial charge in [0.25, 0.3) is 5.91 Å². The zero-order chi connectivity index (χ0) is 20.1. The van der Waals surface area contributed by atoms with Gasteiger partial charge in [-0.1, -0.05) is 54.1 Å². The fourth-order valence-electron chi connectivity index (χ4n) is 2.60. The predicted octanol–water partition coefficient (Wildman–Crippen LogP) is 3.83. The molecule has 28 heavy (non-hydrogen) atoms. The van der Waals surface area contributed by atoms with Crippen molar-refractivity contribution in [3.8, 4) is 0 Å². The smallest absolute Gasteiger partial charge is 0.343 e. The summed E-state index contributed by atoms with van der Waals surface area (Å²) in [6.07, 6.45) is 0. The number of nitrogens with one attached hydrogen (secondary N) is 1. The zero-order valence-corrected chi connectivity index (χ0v) is 15.7. The van der Waals surface area contributed by atoms with Gasteiger partial charge in [0.05, 0.1) is 17.9 Å². The molecule has 3 aromatic rings. The van der Waals surface area contributed by atoms with E-state index in [1.54, 1.807) is 13.0 Å². The van der Waals surface area contributed by atoms with Crippen molar-refractivity contribution < 1.29 is 18.7 Å². The molecule has 0 aliphatic heterocycles. The molecule has 1 heterocycles. The number of halogens is 2. The van der Waals surface area contributed by atoms with Crippen molar-refractivity contribution in [3.63, 3.8) is 0 Å². The maximum Gasteiger partial charge on any atom is 0.343 e. The van der Waals surface area contributed by atoms with Crippen LogP contribution in [0.5, 0.6) is 0 Å². The number of para-hydroxylation sites is 1. The summed E-state index contributed by atoms with van der Waals surface area (Å²) >= 11 is 6.29. The highest BCUT2D eigenvalue weighted by molar-refractivity contribution is 6.32. The van der Waals surface area contributed by atoms with Crippen molar-refractivity contribution in [1.82, 2.24) is 9.78 Å². The van der Waals surface area contributed by atoms with E-state index in [2.05, 4.69) is 10.4 Å². The Morgan fingerprint density at radius 2 is 1.82 bits per heavy atom. The molecule has 1 N–H and O–H groups in total. The minimum absolute atomic E-state index is 0.00782. The Labute approximate surface area is 165 Å². The number of aryl methyl sites for hydroxylation is 1. The first kappa shape index (κ1) is 19.6. The Balaban J connectivity index is 1.64. The Hall–Kier alpha value is -3.19. The topological polar surface area (TPSA) is 73.2 Å². The van der Waals surface area contributed by atoms with Gasteiger partial charge in [-0.2, -0.15) is 5.10 Å². The average Bonchev–Trinajstić information content (AvgIpc) is 2.96. The molecule has 0 spiro atoms. The molecule has 0 fully saturated rings. The summed E-state index contributed by atoms with van der Waals surface area (Å²) in [5.41, 5.74) is 1.46. The molecule has 0 radical (unpaired) electrons. The number of ether oxygens (including phenoxy) is 1. The number of rotatable bonds is 6. The lowest BCUT2D eigenvalue weighted by atomic mass is 10.2. The molecular formula is C20H17ClFN3O3. The normalized spacial score (nSPS) is 10.5. The number of amides is 1. The van der Waals surface area contributed by atoms with E-state index in [-0.39, 0.29) is 16.4 Å². The third-order valence-electron chi connectivity index (χ3n) is 3.93. The second-order valence-corrected chi connectivity index (χ2v) is 6.36. The van der Waals surface area contributed by atoms with Crippen LogP contribution in [0.3, 0.4) is 0 Å². The summed E-state index contributed by atoms with van der Waals surface area (Å²) in [7, 11) is 0. The van der Waals surface area contributed by atoms with Gasteiger partial charge in [0.15, 0.2) is 6.61 Å². The van der Waals surface area contributed by atoms with E-state index >= 15 is 0 Å². The van der Waals surface area contributed by atoms with Crippen LogP contribution >= 0.6 is 11.6 Å². The van der Waals surface area contributed by atoms with Crippen LogP contribution in [0.2, 0.25) is 5.15 Å². The number of carbonyl (C=O) groups is 2. The molecule has 6 nitrogen and oxygen atoms in total. The van der Waals surface area contributed by atoms with Crippen LogP contribution < -0.4 is 5.32 Å². The van der Waals surface area contributed by atoms with E-state index in [4.69, 9.17) is 16.3 Å². The van der Waals surface area contributed by atoms with Gasteiger partial charge in [0, 0.05) is 0 Å². The third kappa shape index (κ3) is 4.55. The lowest BCUT2D eigenvalue weighted by Crippen LogP contribution is -2.21. The standard InChI is InChI=1S/C20H17ClFN3O3/c1-13-18(19(21)25(24-13)11-14-7-3-2-4-8-14)20(27)28-12-17(26)23-16-10-6-5-9-15(16)22/h2-10H,11-12H2,1H3,(H,23,26). The summed E-state index contributed by atoms with van der Waals surface area (Å²) in [6, 6.07) is 15.2. The molecule has 3 rings (SSSR count). The van der Waals surface area contributed by atoms with Crippen molar-refractivity contribution in [3.05, 3.63) is 82.4 Å². The Morgan fingerprint density at radius 1 is 1.14 bits per heavy atom. The van der Waals surface area contributed by atoms with Crippen LogP contribution in [-0.2, 0) is 16.1 Å².